The van der Waals surface area contributed by atoms with Gasteiger partial charge in [-0.15, -0.1) is 0 Å². The molecule has 4 rings (SSSR count). The van der Waals surface area contributed by atoms with E-state index in [4.69, 9.17) is 4.74 Å². The number of sulfonamides is 1. The lowest BCUT2D eigenvalue weighted by Gasteiger charge is -2.23. The summed E-state index contributed by atoms with van der Waals surface area (Å²) in [5.74, 6) is 0.702. The first kappa shape index (κ1) is 18.9. The maximum absolute atomic E-state index is 13.4. The standard InChI is InChI=1S/C22H26N2O3S/c1-3-24(16-9-11-17(27-2)12-10-16)28(25,26)18-13-14-22-20(15-18)19-7-5-4-6-8-21(19)23-22/h9-15,23H,3-8H2,1-2H3. The summed E-state index contributed by atoms with van der Waals surface area (Å²) in [6.07, 6.45) is 5.62. The van der Waals surface area contributed by atoms with Gasteiger partial charge in [0.1, 0.15) is 5.75 Å². The van der Waals surface area contributed by atoms with Crippen LogP contribution in [-0.2, 0) is 22.9 Å². The topological polar surface area (TPSA) is 62.4 Å². The van der Waals surface area contributed by atoms with E-state index in [2.05, 4.69) is 4.98 Å². The average molecular weight is 399 g/mol. The number of hydrogen-bond acceptors (Lipinski definition) is 3. The van der Waals surface area contributed by atoms with Gasteiger partial charge in [-0.3, -0.25) is 4.31 Å². The number of aryl methyl sites for hydroxylation is 2. The molecule has 0 saturated heterocycles. The lowest BCUT2D eigenvalue weighted by atomic mass is 10.1. The predicted molar refractivity (Wildman–Crippen MR) is 113 cm³/mol. The average Bonchev–Trinajstić information content (AvgIpc) is 2.88. The van der Waals surface area contributed by atoms with Crippen molar-refractivity contribution in [1.29, 1.82) is 0 Å². The summed E-state index contributed by atoms with van der Waals surface area (Å²) in [4.78, 5) is 3.84. The summed E-state index contributed by atoms with van der Waals surface area (Å²) in [5, 5.41) is 1.05. The van der Waals surface area contributed by atoms with Crippen molar-refractivity contribution in [3.05, 3.63) is 53.7 Å². The summed E-state index contributed by atoms with van der Waals surface area (Å²) < 4.78 is 33.4. The van der Waals surface area contributed by atoms with E-state index in [1.165, 1.54) is 28.4 Å². The number of anilines is 1. The summed E-state index contributed by atoms with van der Waals surface area (Å²) in [5.41, 5.74) is 4.22. The van der Waals surface area contributed by atoms with Crippen molar-refractivity contribution in [3.63, 3.8) is 0 Å². The first-order chi connectivity index (χ1) is 13.5. The van der Waals surface area contributed by atoms with E-state index in [1.807, 2.05) is 19.1 Å². The van der Waals surface area contributed by atoms with Crippen LogP contribution >= 0.6 is 0 Å². The van der Waals surface area contributed by atoms with Gasteiger partial charge in [-0.05, 0) is 80.6 Å². The van der Waals surface area contributed by atoms with Crippen LogP contribution < -0.4 is 9.04 Å². The van der Waals surface area contributed by atoms with Gasteiger partial charge in [-0.1, -0.05) is 6.42 Å². The minimum atomic E-state index is -3.65. The molecule has 0 spiro atoms. The number of nitrogens with zero attached hydrogens (tertiary/aromatic N) is 1. The molecule has 5 nitrogen and oxygen atoms in total. The highest BCUT2D eigenvalue weighted by Gasteiger charge is 2.25. The molecular weight excluding hydrogens is 372 g/mol. The fraction of sp³-hybridized carbons (Fsp3) is 0.364. The Balaban J connectivity index is 1.76. The molecule has 0 aliphatic heterocycles. The number of hydrogen-bond donors (Lipinski definition) is 1. The molecule has 1 aromatic heterocycles. The van der Waals surface area contributed by atoms with Crippen LogP contribution in [0, 0.1) is 0 Å². The number of benzene rings is 2. The Morgan fingerprint density at radius 3 is 2.50 bits per heavy atom. The first-order valence-corrected chi connectivity index (χ1v) is 11.3. The minimum Gasteiger partial charge on any atom is -0.497 e. The monoisotopic (exact) mass is 398 g/mol. The maximum Gasteiger partial charge on any atom is 0.264 e. The predicted octanol–water partition coefficient (Wildman–Crippen LogP) is 4.66. The number of H-pyrrole nitrogens is 1. The molecule has 0 fully saturated rings. The molecule has 3 aromatic rings. The van der Waals surface area contributed by atoms with E-state index in [-0.39, 0.29) is 0 Å². The third kappa shape index (κ3) is 3.26. The highest BCUT2D eigenvalue weighted by molar-refractivity contribution is 7.92. The van der Waals surface area contributed by atoms with Crippen LogP contribution in [0.2, 0.25) is 0 Å². The number of rotatable bonds is 5. The van der Waals surface area contributed by atoms with Crippen LogP contribution in [0.5, 0.6) is 5.75 Å². The Bertz CT molecular complexity index is 1080. The van der Waals surface area contributed by atoms with Crippen LogP contribution in [0.25, 0.3) is 10.9 Å². The number of aromatic amines is 1. The van der Waals surface area contributed by atoms with Crippen LogP contribution in [0.3, 0.4) is 0 Å². The summed E-state index contributed by atoms with van der Waals surface area (Å²) in [6, 6.07) is 12.6. The van der Waals surface area contributed by atoms with Gasteiger partial charge in [0.05, 0.1) is 17.7 Å². The fourth-order valence-corrected chi connectivity index (χ4v) is 5.59. The summed E-state index contributed by atoms with van der Waals surface area (Å²) in [7, 11) is -2.05. The number of fused-ring (bicyclic) bond motifs is 3. The molecule has 0 saturated carbocycles. The Labute approximate surface area is 166 Å². The third-order valence-corrected chi connectivity index (χ3v) is 7.45. The molecular formula is C22H26N2O3S. The number of aromatic nitrogens is 1. The zero-order chi connectivity index (χ0) is 19.7. The second kappa shape index (κ2) is 7.51. The molecule has 0 bridgehead atoms. The van der Waals surface area contributed by atoms with Crippen molar-refractivity contribution in [2.24, 2.45) is 0 Å². The zero-order valence-electron chi connectivity index (χ0n) is 16.4. The maximum atomic E-state index is 13.4. The van der Waals surface area contributed by atoms with Gasteiger partial charge < -0.3 is 9.72 Å². The fourth-order valence-electron chi connectivity index (χ4n) is 4.09. The van der Waals surface area contributed by atoms with Gasteiger partial charge in [0.25, 0.3) is 10.0 Å². The molecule has 6 heteroatoms. The van der Waals surface area contributed by atoms with Crippen molar-refractivity contribution in [3.8, 4) is 5.75 Å². The van der Waals surface area contributed by atoms with E-state index in [1.54, 1.807) is 37.4 Å². The molecule has 0 radical (unpaired) electrons. The highest BCUT2D eigenvalue weighted by atomic mass is 32.2. The smallest absolute Gasteiger partial charge is 0.264 e. The van der Waals surface area contributed by atoms with Gasteiger partial charge in [-0.25, -0.2) is 8.42 Å². The van der Waals surface area contributed by atoms with Crippen LogP contribution in [-0.4, -0.2) is 27.1 Å². The summed E-state index contributed by atoms with van der Waals surface area (Å²) in [6.45, 7) is 2.21. The van der Waals surface area contributed by atoms with Gasteiger partial charge in [0.2, 0.25) is 0 Å². The third-order valence-electron chi connectivity index (χ3n) is 5.56. The molecule has 1 aliphatic carbocycles. The van der Waals surface area contributed by atoms with E-state index < -0.39 is 10.0 Å². The van der Waals surface area contributed by atoms with E-state index >= 15 is 0 Å². The lowest BCUT2D eigenvalue weighted by molar-refractivity contribution is 0.415. The van der Waals surface area contributed by atoms with E-state index in [0.29, 0.717) is 22.9 Å². The molecule has 0 amide bonds. The van der Waals surface area contributed by atoms with Crippen molar-refractivity contribution >= 4 is 26.6 Å². The van der Waals surface area contributed by atoms with Crippen molar-refractivity contribution < 1.29 is 13.2 Å². The molecule has 2 aromatic carbocycles. The van der Waals surface area contributed by atoms with Crippen molar-refractivity contribution in [2.75, 3.05) is 18.0 Å². The Kier molecular flexibility index (Phi) is 5.06. The van der Waals surface area contributed by atoms with E-state index in [9.17, 15) is 8.42 Å². The molecule has 1 heterocycles. The lowest BCUT2D eigenvalue weighted by Crippen LogP contribution is -2.30. The Morgan fingerprint density at radius 2 is 1.79 bits per heavy atom. The van der Waals surface area contributed by atoms with Crippen LogP contribution in [0.1, 0.15) is 37.4 Å². The van der Waals surface area contributed by atoms with Crippen molar-refractivity contribution in [1.82, 2.24) is 4.98 Å². The SMILES string of the molecule is CCN(c1ccc(OC)cc1)S(=O)(=O)c1ccc2[nH]c3c(c2c1)CCCCC3. The molecule has 148 valence electrons. The largest absolute Gasteiger partial charge is 0.497 e. The van der Waals surface area contributed by atoms with Gasteiger partial charge in [0, 0.05) is 23.1 Å². The minimum absolute atomic E-state index is 0.337. The van der Waals surface area contributed by atoms with Gasteiger partial charge >= 0.3 is 0 Å². The van der Waals surface area contributed by atoms with Crippen molar-refractivity contribution in [2.45, 2.75) is 43.9 Å². The van der Waals surface area contributed by atoms with Gasteiger partial charge in [-0.2, -0.15) is 0 Å². The molecule has 0 atom stereocenters. The van der Waals surface area contributed by atoms with E-state index in [0.717, 1.165) is 30.2 Å². The number of methoxy groups -OCH3 is 1. The molecule has 0 unspecified atom stereocenters. The second-order valence-electron chi connectivity index (χ2n) is 7.22. The quantitative estimate of drug-likeness (QED) is 0.636. The Hall–Kier alpha value is -2.47. The normalized spacial score (nSPS) is 14.5. The van der Waals surface area contributed by atoms with Crippen LogP contribution in [0.4, 0.5) is 5.69 Å². The van der Waals surface area contributed by atoms with Crippen LogP contribution in [0.15, 0.2) is 47.4 Å². The highest BCUT2D eigenvalue weighted by Crippen LogP contribution is 2.32. The first-order valence-electron chi connectivity index (χ1n) is 9.85. The zero-order valence-corrected chi connectivity index (χ0v) is 17.2. The second-order valence-corrected chi connectivity index (χ2v) is 9.08. The Morgan fingerprint density at radius 1 is 1.04 bits per heavy atom. The summed E-state index contributed by atoms with van der Waals surface area (Å²) >= 11 is 0. The van der Waals surface area contributed by atoms with Gasteiger partial charge in [0.15, 0.2) is 0 Å². The molecule has 1 N–H and O–H groups in total. The molecule has 28 heavy (non-hydrogen) atoms. The molecule has 1 aliphatic rings. The number of ether oxygens (including phenoxy) is 1. The number of nitrogens with one attached hydrogen (secondary N) is 1.